The molecule has 3 atom stereocenters. The van der Waals surface area contributed by atoms with Gasteiger partial charge in [-0.05, 0) is 19.8 Å². The van der Waals surface area contributed by atoms with Gasteiger partial charge in [-0.2, -0.15) is 0 Å². The summed E-state index contributed by atoms with van der Waals surface area (Å²) in [6, 6.07) is 0. The van der Waals surface area contributed by atoms with Crippen molar-refractivity contribution in [3.8, 4) is 0 Å². The molecule has 1 saturated heterocycles. The first-order valence-corrected chi connectivity index (χ1v) is 9.85. The summed E-state index contributed by atoms with van der Waals surface area (Å²) in [5.74, 6) is 0. The van der Waals surface area contributed by atoms with Crippen LogP contribution in [0.25, 0.3) is 0 Å². The molecule has 1 fully saturated rings. The van der Waals surface area contributed by atoms with Gasteiger partial charge in [0.2, 0.25) is 0 Å². The van der Waals surface area contributed by atoms with Gasteiger partial charge in [0.15, 0.2) is 0 Å². The third-order valence-corrected chi connectivity index (χ3v) is 5.83. The Bertz CT molecular complexity index is 301. The van der Waals surface area contributed by atoms with Gasteiger partial charge in [-0.3, -0.25) is 4.43 Å². The number of ether oxygens (including phenoxy) is 4. The highest BCUT2D eigenvalue weighted by atomic mass is 28.4. The molecule has 1 rings (SSSR count). The fourth-order valence-corrected chi connectivity index (χ4v) is 3.96. The average molecular weight is 338 g/mol. The number of hydrogen-bond acceptors (Lipinski definition) is 7. The largest absolute Gasteiger partial charge is 0.503 e. The average Bonchev–Trinajstić information content (AvgIpc) is 3.34. The summed E-state index contributed by atoms with van der Waals surface area (Å²) in [6.07, 6.45) is 3.18. The van der Waals surface area contributed by atoms with Gasteiger partial charge in [-0.1, -0.05) is 12.8 Å². The monoisotopic (exact) mass is 338 g/mol. The van der Waals surface area contributed by atoms with Crippen molar-refractivity contribution in [1.29, 1.82) is 0 Å². The lowest BCUT2D eigenvalue weighted by Gasteiger charge is -2.36. The molecule has 132 valence electrons. The first kappa shape index (κ1) is 20.0. The molecule has 0 aromatic heterocycles. The van der Waals surface area contributed by atoms with Crippen LogP contribution in [0.4, 0.5) is 0 Å². The second kappa shape index (κ2) is 9.29. The molecule has 0 N–H and O–H groups in total. The Morgan fingerprint density at radius 3 is 2.18 bits per heavy atom. The van der Waals surface area contributed by atoms with Gasteiger partial charge in [0.1, 0.15) is 0 Å². The predicted octanol–water partition coefficient (Wildman–Crippen LogP) is 2.13. The minimum absolute atomic E-state index is 0.0139. The molecule has 1 heterocycles. The zero-order chi connectivity index (χ0) is 16.6. The Kier molecular flexibility index (Phi) is 8.43. The molecular formula is C14H30O7Si. The van der Waals surface area contributed by atoms with Gasteiger partial charge in [0.25, 0.3) is 0 Å². The molecule has 0 saturated carbocycles. The second-order valence-corrected chi connectivity index (χ2v) is 8.02. The summed E-state index contributed by atoms with van der Waals surface area (Å²) < 4.78 is 37.8. The van der Waals surface area contributed by atoms with E-state index in [4.69, 9.17) is 32.2 Å². The number of unbranched alkanes of at least 4 members (excludes halogenated alkanes) is 1. The van der Waals surface area contributed by atoms with E-state index in [-0.39, 0.29) is 6.10 Å². The van der Waals surface area contributed by atoms with Crippen molar-refractivity contribution < 1.29 is 32.2 Å². The molecule has 0 aromatic rings. The molecule has 1 aliphatic heterocycles. The molecule has 0 amide bonds. The Morgan fingerprint density at radius 2 is 1.73 bits per heavy atom. The van der Waals surface area contributed by atoms with Crippen molar-refractivity contribution in [3.05, 3.63) is 0 Å². The van der Waals surface area contributed by atoms with Crippen LogP contribution >= 0.6 is 0 Å². The molecule has 0 spiro atoms. The Hall–Kier alpha value is -0.0631. The fourth-order valence-electron chi connectivity index (χ4n) is 2.18. The minimum Gasteiger partial charge on any atom is -0.377 e. The van der Waals surface area contributed by atoms with E-state index < -0.39 is 15.0 Å². The normalized spacial score (nSPS) is 22.4. The zero-order valence-electron chi connectivity index (χ0n) is 14.5. The molecule has 1 aliphatic rings. The van der Waals surface area contributed by atoms with Gasteiger partial charge in [-0.15, -0.1) is 0 Å². The van der Waals surface area contributed by atoms with Crippen molar-refractivity contribution in [3.63, 3.8) is 0 Å². The van der Waals surface area contributed by atoms with Crippen LogP contribution in [0.5, 0.6) is 0 Å². The molecular weight excluding hydrogens is 308 g/mol. The topological polar surface area (TPSA) is 67.9 Å². The van der Waals surface area contributed by atoms with E-state index in [1.165, 1.54) is 21.3 Å². The molecule has 0 bridgehead atoms. The maximum atomic E-state index is 5.99. The smallest absolute Gasteiger partial charge is 0.377 e. The van der Waals surface area contributed by atoms with Crippen molar-refractivity contribution in [1.82, 2.24) is 0 Å². The summed E-state index contributed by atoms with van der Waals surface area (Å²) in [7, 11) is 2.89. The first-order chi connectivity index (χ1) is 10.4. The van der Waals surface area contributed by atoms with E-state index in [0.29, 0.717) is 6.10 Å². The molecule has 0 radical (unpaired) electrons. The van der Waals surface area contributed by atoms with Crippen molar-refractivity contribution in [2.24, 2.45) is 0 Å². The Morgan fingerprint density at radius 1 is 1.14 bits per heavy atom. The Labute approximate surface area is 134 Å². The van der Waals surface area contributed by atoms with Gasteiger partial charge < -0.3 is 27.8 Å². The van der Waals surface area contributed by atoms with E-state index >= 15 is 0 Å². The van der Waals surface area contributed by atoms with Crippen LogP contribution in [-0.2, 0) is 32.2 Å². The number of epoxide rings is 1. The van der Waals surface area contributed by atoms with Crippen LogP contribution in [-0.4, -0.2) is 62.2 Å². The third-order valence-electron chi connectivity index (χ3n) is 3.64. The van der Waals surface area contributed by atoms with Crippen LogP contribution in [0, 0.1) is 0 Å². The number of rotatable bonds is 13. The van der Waals surface area contributed by atoms with Crippen LogP contribution in [0.15, 0.2) is 0 Å². The SMILES string of the molecule is COC(OC)(OC)O[Si](C)(OC)OC(C)CCCCC1CO1. The summed E-state index contributed by atoms with van der Waals surface area (Å²) in [5.41, 5.74) is 0. The van der Waals surface area contributed by atoms with Crippen LogP contribution in [0.3, 0.4) is 0 Å². The quantitative estimate of drug-likeness (QED) is 0.220. The molecule has 8 heteroatoms. The standard InChI is InChI=1S/C14H30O7Si/c1-12(9-7-8-10-13-11-19-13)20-22(6,18-5)21-14(15-2,16-3)17-4/h12-13H,7-11H2,1-6H3. The van der Waals surface area contributed by atoms with Crippen LogP contribution in [0.2, 0.25) is 6.55 Å². The van der Waals surface area contributed by atoms with E-state index in [2.05, 4.69) is 0 Å². The van der Waals surface area contributed by atoms with E-state index in [1.807, 2.05) is 6.92 Å². The molecule has 0 aromatic carbocycles. The van der Waals surface area contributed by atoms with Gasteiger partial charge >= 0.3 is 15.0 Å². The van der Waals surface area contributed by atoms with Crippen molar-refractivity contribution in [2.75, 3.05) is 35.0 Å². The van der Waals surface area contributed by atoms with E-state index in [1.54, 1.807) is 13.7 Å². The fraction of sp³-hybridized carbons (Fsp3) is 1.00. The second-order valence-electron chi connectivity index (χ2n) is 5.45. The van der Waals surface area contributed by atoms with Crippen LogP contribution in [0.1, 0.15) is 32.6 Å². The number of hydrogen-bond donors (Lipinski definition) is 0. The van der Waals surface area contributed by atoms with Crippen LogP contribution < -0.4 is 0 Å². The third kappa shape index (κ3) is 6.59. The van der Waals surface area contributed by atoms with E-state index in [0.717, 1.165) is 32.3 Å². The maximum absolute atomic E-state index is 5.99. The van der Waals surface area contributed by atoms with Gasteiger partial charge in [0, 0.05) is 41.1 Å². The lowest BCUT2D eigenvalue weighted by molar-refractivity contribution is -0.460. The van der Waals surface area contributed by atoms with Gasteiger partial charge in [0.05, 0.1) is 12.7 Å². The summed E-state index contributed by atoms with van der Waals surface area (Å²) in [4.78, 5) is 0. The molecule has 22 heavy (non-hydrogen) atoms. The molecule has 7 nitrogen and oxygen atoms in total. The summed E-state index contributed by atoms with van der Waals surface area (Å²) in [5, 5.41) is 0. The lowest BCUT2D eigenvalue weighted by Crippen LogP contribution is -2.54. The zero-order valence-corrected chi connectivity index (χ0v) is 15.5. The molecule has 3 unspecified atom stereocenters. The Balaban J connectivity index is 2.41. The minimum atomic E-state index is -2.95. The highest BCUT2D eigenvalue weighted by Crippen LogP contribution is 2.25. The highest BCUT2D eigenvalue weighted by Gasteiger charge is 2.47. The van der Waals surface area contributed by atoms with Gasteiger partial charge in [-0.25, -0.2) is 0 Å². The van der Waals surface area contributed by atoms with E-state index in [9.17, 15) is 0 Å². The van der Waals surface area contributed by atoms with Crippen molar-refractivity contribution in [2.45, 2.75) is 57.5 Å². The maximum Gasteiger partial charge on any atom is 0.503 e. The highest BCUT2D eigenvalue weighted by molar-refractivity contribution is 6.59. The first-order valence-electron chi connectivity index (χ1n) is 7.62. The summed E-state index contributed by atoms with van der Waals surface area (Å²) >= 11 is 0. The van der Waals surface area contributed by atoms with Crippen molar-refractivity contribution >= 4 is 8.80 Å². The summed E-state index contributed by atoms with van der Waals surface area (Å²) in [6.45, 7) is 4.71. The predicted molar refractivity (Wildman–Crippen MR) is 82.2 cm³/mol. The lowest BCUT2D eigenvalue weighted by atomic mass is 10.1. The number of methoxy groups -OCH3 is 3. The molecule has 0 aliphatic carbocycles.